The van der Waals surface area contributed by atoms with Gasteiger partial charge >= 0.3 is 0 Å². The third-order valence-corrected chi connectivity index (χ3v) is 4.93. The Morgan fingerprint density at radius 2 is 2.28 bits per heavy atom. The molecule has 2 aromatic rings. The fourth-order valence-electron chi connectivity index (χ4n) is 1.75. The van der Waals surface area contributed by atoms with Gasteiger partial charge in [0.1, 0.15) is 0 Å². The second-order valence-electron chi connectivity index (χ2n) is 4.37. The van der Waals surface area contributed by atoms with Gasteiger partial charge in [-0.3, -0.25) is 0 Å². The van der Waals surface area contributed by atoms with Gasteiger partial charge in [-0.15, -0.1) is 11.3 Å². The Labute approximate surface area is 117 Å². The van der Waals surface area contributed by atoms with E-state index in [1.54, 1.807) is 23.1 Å². The number of nitrogens with two attached hydrogens (primary N) is 1. The smallest absolute Gasteiger partial charge is 0.154 e. The van der Waals surface area contributed by atoms with Gasteiger partial charge in [-0.25, -0.2) is 4.98 Å². The Morgan fingerprint density at radius 1 is 1.44 bits per heavy atom. The second-order valence-corrected chi connectivity index (χ2v) is 6.56. The average Bonchev–Trinajstić information content (AvgIpc) is 2.85. The number of rotatable bonds is 5. The van der Waals surface area contributed by atoms with Gasteiger partial charge in [0, 0.05) is 22.5 Å². The molecule has 18 heavy (non-hydrogen) atoms. The van der Waals surface area contributed by atoms with E-state index in [1.807, 2.05) is 11.6 Å². The quantitative estimate of drug-likeness (QED) is 0.902. The van der Waals surface area contributed by atoms with Crippen LogP contribution in [-0.4, -0.2) is 11.0 Å². The molecular weight excluding hydrogens is 260 g/mol. The molecule has 4 heteroatoms. The summed E-state index contributed by atoms with van der Waals surface area (Å²) in [6, 6.07) is 6.87. The number of hydrogen-bond acceptors (Lipinski definition) is 4. The van der Waals surface area contributed by atoms with Gasteiger partial charge < -0.3 is 5.73 Å². The van der Waals surface area contributed by atoms with E-state index in [-0.39, 0.29) is 6.04 Å². The summed E-state index contributed by atoms with van der Waals surface area (Å²) in [5.74, 6) is 0. The van der Waals surface area contributed by atoms with Gasteiger partial charge in [0.25, 0.3) is 0 Å². The van der Waals surface area contributed by atoms with E-state index in [1.165, 1.54) is 16.0 Å². The van der Waals surface area contributed by atoms with Crippen LogP contribution in [0.15, 0.2) is 39.0 Å². The fraction of sp³-hybridized carbons (Fsp3) is 0.357. The van der Waals surface area contributed by atoms with Crippen molar-refractivity contribution < 1.29 is 0 Å². The topological polar surface area (TPSA) is 38.9 Å². The third-order valence-electron chi connectivity index (χ3n) is 2.87. The molecule has 1 aromatic carbocycles. The maximum absolute atomic E-state index is 5.99. The van der Waals surface area contributed by atoms with Gasteiger partial charge in [-0.1, -0.05) is 30.8 Å². The lowest BCUT2D eigenvalue weighted by molar-refractivity contribution is 0.646. The summed E-state index contributed by atoms with van der Waals surface area (Å²) in [5, 5.41) is 2.01. The molecule has 96 valence electrons. The number of nitrogens with zero attached hydrogens (tertiary/aromatic N) is 1. The first kappa shape index (κ1) is 13.6. The van der Waals surface area contributed by atoms with E-state index in [0.717, 1.165) is 17.2 Å². The first-order chi connectivity index (χ1) is 8.69. The normalized spacial score (nSPS) is 12.6. The first-order valence-corrected chi connectivity index (χ1v) is 7.81. The maximum atomic E-state index is 5.99. The molecule has 1 aromatic heterocycles. The minimum atomic E-state index is 0.266. The van der Waals surface area contributed by atoms with Crippen molar-refractivity contribution in [1.82, 2.24) is 4.98 Å². The van der Waals surface area contributed by atoms with Crippen LogP contribution in [0, 0.1) is 6.92 Å². The standard InChI is InChI=1S/C14H18N2S2/c1-3-12(15)9-11-4-5-13(10(2)8-11)18-14-16-6-7-17-14/h4-8,12H,3,9,15H2,1-2H3. The molecule has 2 nitrogen and oxygen atoms in total. The molecule has 0 aliphatic carbocycles. The van der Waals surface area contributed by atoms with Gasteiger partial charge in [-0.05, 0) is 37.0 Å². The largest absolute Gasteiger partial charge is 0.327 e. The zero-order chi connectivity index (χ0) is 13.0. The number of hydrogen-bond donors (Lipinski definition) is 1. The van der Waals surface area contributed by atoms with Gasteiger partial charge in [-0.2, -0.15) is 0 Å². The maximum Gasteiger partial charge on any atom is 0.154 e. The molecule has 0 bridgehead atoms. The van der Waals surface area contributed by atoms with Crippen LogP contribution < -0.4 is 5.73 Å². The number of benzene rings is 1. The van der Waals surface area contributed by atoms with E-state index in [2.05, 4.69) is 37.0 Å². The minimum Gasteiger partial charge on any atom is -0.327 e. The summed E-state index contributed by atoms with van der Waals surface area (Å²) >= 11 is 3.41. The van der Waals surface area contributed by atoms with Crippen molar-refractivity contribution in [3.8, 4) is 0 Å². The lowest BCUT2D eigenvalue weighted by Crippen LogP contribution is -2.21. The Hall–Kier alpha value is -0.840. The molecule has 2 N–H and O–H groups in total. The predicted octanol–water partition coefficient (Wildman–Crippen LogP) is 3.88. The molecule has 1 unspecified atom stereocenters. The highest BCUT2D eigenvalue weighted by Gasteiger charge is 2.06. The molecule has 0 radical (unpaired) electrons. The van der Waals surface area contributed by atoms with E-state index < -0.39 is 0 Å². The number of thiazole rings is 1. The lowest BCUT2D eigenvalue weighted by Gasteiger charge is -2.11. The SMILES string of the molecule is CCC(N)Cc1ccc(Sc2nccs2)c(C)c1. The van der Waals surface area contributed by atoms with Crippen molar-refractivity contribution in [3.63, 3.8) is 0 Å². The summed E-state index contributed by atoms with van der Waals surface area (Å²) in [6.07, 6.45) is 3.82. The van der Waals surface area contributed by atoms with Crippen LogP contribution in [0.3, 0.4) is 0 Å². The summed E-state index contributed by atoms with van der Waals surface area (Å²) in [6.45, 7) is 4.28. The van der Waals surface area contributed by atoms with Crippen LogP contribution in [0.2, 0.25) is 0 Å². The van der Waals surface area contributed by atoms with Crippen molar-refractivity contribution in [2.24, 2.45) is 5.73 Å². The van der Waals surface area contributed by atoms with Crippen molar-refractivity contribution in [3.05, 3.63) is 40.9 Å². The predicted molar refractivity (Wildman–Crippen MR) is 79.4 cm³/mol. The van der Waals surface area contributed by atoms with Crippen molar-refractivity contribution in [2.75, 3.05) is 0 Å². The molecule has 0 aliphatic rings. The summed E-state index contributed by atoms with van der Waals surface area (Å²) < 4.78 is 1.09. The van der Waals surface area contributed by atoms with Gasteiger partial charge in [0.15, 0.2) is 4.34 Å². The Kier molecular flexibility index (Phi) is 4.80. The molecule has 0 amide bonds. The molecule has 0 saturated carbocycles. The average molecular weight is 278 g/mol. The molecule has 0 saturated heterocycles. The van der Waals surface area contributed by atoms with E-state index in [9.17, 15) is 0 Å². The Balaban J connectivity index is 2.10. The Bertz CT molecular complexity index is 495. The van der Waals surface area contributed by atoms with Crippen LogP contribution in [0.1, 0.15) is 24.5 Å². The van der Waals surface area contributed by atoms with Gasteiger partial charge in [0.05, 0.1) is 0 Å². The summed E-state index contributed by atoms with van der Waals surface area (Å²) in [7, 11) is 0. The van der Waals surface area contributed by atoms with E-state index >= 15 is 0 Å². The zero-order valence-corrected chi connectivity index (χ0v) is 12.4. The van der Waals surface area contributed by atoms with Crippen LogP contribution >= 0.6 is 23.1 Å². The van der Waals surface area contributed by atoms with Crippen LogP contribution in [0.25, 0.3) is 0 Å². The minimum absolute atomic E-state index is 0.266. The van der Waals surface area contributed by atoms with E-state index in [0.29, 0.717) is 0 Å². The van der Waals surface area contributed by atoms with E-state index in [4.69, 9.17) is 5.73 Å². The van der Waals surface area contributed by atoms with Crippen LogP contribution in [0.5, 0.6) is 0 Å². The first-order valence-electron chi connectivity index (χ1n) is 6.11. The van der Waals surface area contributed by atoms with Crippen molar-refractivity contribution >= 4 is 23.1 Å². The van der Waals surface area contributed by atoms with Crippen LogP contribution in [-0.2, 0) is 6.42 Å². The van der Waals surface area contributed by atoms with Crippen LogP contribution in [0.4, 0.5) is 0 Å². The highest BCUT2D eigenvalue weighted by molar-refractivity contribution is 8.01. The molecule has 0 spiro atoms. The number of aromatic nitrogens is 1. The van der Waals surface area contributed by atoms with Crippen molar-refractivity contribution in [2.45, 2.75) is 42.0 Å². The van der Waals surface area contributed by atoms with Crippen molar-refractivity contribution in [1.29, 1.82) is 0 Å². The Morgan fingerprint density at radius 3 is 2.89 bits per heavy atom. The monoisotopic (exact) mass is 278 g/mol. The molecule has 1 atom stereocenters. The number of aryl methyl sites for hydroxylation is 1. The zero-order valence-electron chi connectivity index (χ0n) is 10.7. The van der Waals surface area contributed by atoms with Gasteiger partial charge in [0.2, 0.25) is 0 Å². The molecule has 0 fully saturated rings. The molecule has 0 aliphatic heterocycles. The fourth-order valence-corrected chi connectivity index (χ4v) is 3.40. The second kappa shape index (κ2) is 6.36. The highest BCUT2D eigenvalue weighted by atomic mass is 32.2. The molecule has 2 rings (SSSR count). The molecular formula is C14H18N2S2. The third kappa shape index (κ3) is 3.57. The lowest BCUT2D eigenvalue weighted by atomic mass is 10.0. The summed E-state index contributed by atoms with van der Waals surface area (Å²) in [4.78, 5) is 5.57. The highest BCUT2D eigenvalue weighted by Crippen LogP contribution is 2.32. The summed E-state index contributed by atoms with van der Waals surface area (Å²) in [5.41, 5.74) is 8.62. The molecule has 1 heterocycles.